The summed E-state index contributed by atoms with van der Waals surface area (Å²) >= 11 is 0. The monoisotopic (exact) mass is 483 g/mol. The number of hydrogen-bond donors (Lipinski definition) is 2. The van der Waals surface area contributed by atoms with Crippen molar-refractivity contribution in [1.82, 2.24) is 10.6 Å². The summed E-state index contributed by atoms with van der Waals surface area (Å²) in [6.45, 7) is 6.44. The molecule has 0 bridgehead atoms. The average molecular weight is 483 g/mol. The Balaban J connectivity index is 0.00000364. The number of rotatable bonds is 8. The van der Waals surface area contributed by atoms with Gasteiger partial charge in [-0.1, -0.05) is 35.9 Å². The van der Waals surface area contributed by atoms with E-state index in [4.69, 9.17) is 9.47 Å². The van der Waals surface area contributed by atoms with Crippen molar-refractivity contribution in [3.05, 3.63) is 59.2 Å². The molecule has 27 heavy (non-hydrogen) atoms. The lowest BCUT2D eigenvalue weighted by molar-refractivity contribution is 0.354. The molecular formula is C21H30IN3O2. The maximum atomic E-state index is 5.36. The molecule has 0 unspecified atom stereocenters. The fourth-order valence-corrected chi connectivity index (χ4v) is 2.68. The van der Waals surface area contributed by atoms with E-state index in [1.807, 2.05) is 12.1 Å². The maximum absolute atomic E-state index is 5.36. The van der Waals surface area contributed by atoms with Crippen LogP contribution in [-0.2, 0) is 13.0 Å². The van der Waals surface area contributed by atoms with Crippen LogP contribution in [0.2, 0.25) is 0 Å². The first kappa shape index (κ1) is 23.1. The molecule has 5 nitrogen and oxygen atoms in total. The second-order valence-corrected chi connectivity index (χ2v) is 6.05. The predicted octanol–water partition coefficient (Wildman–Crippen LogP) is 3.93. The topological polar surface area (TPSA) is 54.9 Å². The van der Waals surface area contributed by atoms with Gasteiger partial charge in [-0.05, 0) is 43.5 Å². The van der Waals surface area contributed by atoms with Gasteiger partial charge in [-0.15, -0.1) is 24.0 Å². The maximum Gasteiger partial charge on any atom is 0.191 e. The van der Waals surface area contributed by atoms with Gasteiger partial charge >= 0.3 is 0 Å². The lowest BCUT2D eigenvalue weighted by Crippen LogP contribution is -2.38. The quantitative estimate of drug-likeness (QED) is 0.340. The number of halogens is 1. The third kappa shape index (κ3) is 7.66. The number of nitrogens with one attached hydrogen (secondary N) is 2. The van der Waals surface area contributed by atoms with E-state index < -0.39 is 0 Å². The third-order valence-corrected chi connectivity index (χ3v) is 4.00. The van der Waals surface area contributed by atoms with E-state index >= 15 is 0 Å². The number of nitrogens with zero attached hydrogens (tertiary/aromatic N) is 1. The van der Waals surface area contributed by atoms with Gasteiger partial charge in [0.15, 0.2) is 17.5 Å². The van der Waals surface area contributed by atoms with Crippen molar-refractivity contribution in [3.63, 3.8) is 0 Å². The Kier molecular flexibility index (Phi) is 10.6. The van der Waals surface area contributed by atoms with Gasteiger partial charge < -0.3 is 20.1 Å². The molecule has 2 N–H and O–H groups in total. The first-order valence-corrected chi connectivity index (χ1v) is 8.95. The van der Waals surface area contributed by atoms with E-state index in [9.17, 15) is 0 Å². The fourth-order valence-electron chi connectivity index (χ4n) is 2.68. The summed E-state index contributed by atoms with van der Waals surface area (Å²) in [5.74, 6) is 2.33. The normalized spacial score (nSPS) is 10.7. The SMILES string of the molecule is CCNC(=NCc1cccc(C)c1)NCCc1ccc(OC)c(OC)c1.I. The molecule has 0 heterocycles. The summed E-state index contributed by atoms with van der Waals surface area (Å²) < 4.78 is 10.6. The van der Waals surface area contributed by atoms with Crippen LogP contribution in [0.1, 0.15) is 23.6 Å². The summed E-state index contributed by atoms with van der Waals surface area (Å²) in [6, 6.07) is 14.4. The number of ether oxygens (including phenoxy) is 2. The number of methoxy groups -OCH3 is 2. The summed E-state index contributed by atoms with van der Waals surface area (Å²) in [4.78, 5) is 4.67. The number of guanidine groups is 1. The number of hydrogen-bond acceptors (Lipinski definition) is 3. The number of benzene rings is 2. The number of aryl methyl sites for hydroxylation is 1. The Morgan fingerprint density at radius 2 is 1.74 bits per heavy atom. The molecule has 2 aromatic rings. The zero-order chi connectivity index (χ0) is 18.8. The second-order valence-electron chi connectivity index (χ2n) is 6.05. The predicted molar refractivity (Wildman–Crippen MR) is 123 cm³/mol. The zero-order valence-corrected chi connectivity index (χ0v) is 18.9. The highest BCUT2D eigenvalue weighted by Gasteiger charge is 2.05. The number of aliphatic imine (C=N–C) groups is 1. The Morgan fingerprint density at radius 3 is 2.41 bits per heavy atom. The Hall–Kier alpha value is -1.96. The molecule has 0 aromatic heterocycles. The molecule has 0 radical (unpaired) electrons. The van der Waals surface area contributed by atoms with Crippen molar-refractivity contribution in [2.24, 2.45) is 4.99 Å². The smallest absolute Gasteiger partial charge is 0.191 e. The first-order chi connectivity index (χ1) is 12.7. The standard InChI is InChI=1S/C21H29N3O2.HI/c1-5-22-21(24-15-18-8-6-7-16(2)13-18)23-12-11-17-9-10-19(25-3)20(14-17)26-4;/h6-10,13-14H,5,11-12,15H2,1-4H3,(H2,22,23,24);1H. The van der Waals surface area contributed by atoms with E-state index in [0.29, 0.717) is 6.54 Å². The van der Waals surface area contributed by atoms with Crippen molar-refractivity contribution in [2.45, 2.75) is 26.8 Å². The van der Waals surface area contributed by atoms with Gasteiger partial charge in [-0.2, -0.15) is 0 Å². The van der Waals surface area contributed by atoms with Crippen LogP contribution in [-0.4, -0.2) is 33.3 Å². The Bertz CT molecular complexity index is 735. The van der Waals surface area contributed by atoms with Gasteiger partial charge in [-0.3, -0.25) is 0 Å². The van der Waals surface area contributed by atoms with Crippen molar-refractivity contribution in [2.75, 3.05) is 27.3 Å². The van der Waals surface area contributed by atoms with E-state index in [-0.39, 0.29) is 24.0 Å². The molecule has 0 saturated heterocycles. The van der Waals surface area contributed by atoms with Gasteiger partial charge in [0, 0.05) is 13.1 Å². The largest absolute Gasteiger partial charge is 0.493 e. The van der Waals surface area contributed by atoms with E-state index in [2.05, 4.69) is 59.8 Å². The molecule has 0 aliphatic carbocycles. The van der Waals surface area contributed by atoms with Crippen LogP contribution in [0.5, 0.6) is 11.5 Å². The minimum absolute atomic E-state index is 0. The minimum Gasteiger partial charge on any atom is -0.493 e. The van der Waals surface area contributed by atoms with E-state index in [1.54, 1.807) is 14.2 Å². The Labute approximate surface area is 179 Å². The van der Waals surface area contributed by atoms with E-state index in [0.717, 1.165) is 37.0 Å². The highest BCUT2D eigenvalue weighted by molar-refractivity contribution is 14.0. The molecule has 0 saturated carbocycles. The highest BCUT2D eigenvalue weighted by atomic mass is 127. The van der Waals surface area contributed by atoms with Gasteiger partial charge in [-0.25, -0.2) is 4.99 Å². The second kappa shape index (κ2) is 12.4. The fraction of sp³-hybridized carbons (Fsp3) is 0.381. The highest BCUT2D eigenvalue weighted by Crippen LogP contribution is 2.27. The molecule has 0 spiro atoms. The molecule has 148 valence electrons. The molecule has 0 amide bonds. The first-order valence-electron chi connectivity index (χ1n) is 8.95. The van der Waals surface area contributed by atoms with Crippen molar-refractivity contribution in [3.8, 4) is 11.5 Å². The molecule has 2 aromatic carbocycles. The summed E-state index contributed by atoms with van der Waals surface area (Å²) in [6.07, 6.45) is 0.870. The lowest BCUT2D eigenvalue weighted by Gasteiger charge is -2.13. The molecule has 0 aliphatic heterocycles. The Morgan fingerprint density at radius 1 is 0.963 bits per heavy atom. The summed E-state index contributed by atoms with van der Waals surface area (Å²) in [5.41, 5.74) is 3.65. The van der Waals surface area contributed by atoms with Crippen LogP contribution in [0.15, 0.2) is 47.5 Å². The van der Waals surface area contributed by atoms with Gasteiger partial charge in [0.1, 0.15) is 0 Å². The van der Waals surface area contributed by atoms with Crippen LogP contribution in [0.25, 0.3) is 0 Å². The summed E-state index contributed by atoms with van der Waals surface area (Å²) in [7, 11) is 3.30. The molecule has 0 atom stereocenters. The van der Waals surface area contributed by atoms with Crippen LogP contribution in [0.4, 0.5) is 0 Å². The average Bonchev–Trinajstić information content (AvgIpc) is 2.66. The van der Waals surface area contributed by atoms with Crippen molar-refractivity contribution >= 4 is 29.9 Å². The van der Waals surface area contributed by atoms with Crippen LogP contribution in [0.3, 0.4) is 0 Å². The van der Waals surface area contributed by atoms with Crippen LogP contribution in [0, 0.1) is 6.92 Å². The summed E-state index contributed by atoms with van der Waals surface area (Å²) in [5, 5.41) is 6.68. The van der Waals surface area contributed by atoms with Gasteiger partial charge in [0.2, 0.25) is 0 Å². The molecular weight excluding hydrogens is 453 g/mol. The lowest BCUT2D eigenvalue weighted by atomic mass is 10.1. The van der Waals surface area contributed by atoms with Crippen LogP contribution < -0.4 is 20.1 Å². The van der Waals surface area contributed by atoms with Gasteiger partial charge in [0.05, 0.1) is 20.8 Å². The molecule has 0 fully saturated rings. The zero-order valence-electron chi connectivity index (χ0n) is 16.5. The van der Waals surface area contributed by atoms with Gasteiger partial charge in [0.25, 0.3) is 0 Å². The molecule has 0 aliphatic rings. The minimum atomic E-state index is 0. The van der Waals surface area contributed by atoms with Crippen molar-refractivity contribution < 1.29 is 9.47 Å². The molecule has 2 rings (SSSR count). The van der Waals surface area contributed by atoms with Crippen LogP contribution >= 0.6 is 24.0 Å². The van der Waals surface area contributed by atoms with E-state index in [1.165, 1.54) is 16.7 Å². The van der Waals surface area contributed by atoms with Crippen molar-refractivity contribution in [1.29, 1.82) is 0 Å². The third-order valence-electron chi connectivity index (χ3n) is 4.00. The molecule has 6 heteroatoms.